The van der Waals surface area contributed by atoms with E-state index in [1.54, 1.807) is 0 Å². The van der Waals surface area contributed by atoms with Crippen molar-refractivity contribution in [3.63, 3.8) is 0 Å². The van der Waals surface area contributed by atoms with E-state index in [0.717, 1.165) is 12.8 Å². The van der Waals surface area contributed by atoms with Gasteiger partial charge in [0.05, 0.1) is 19.3 Å². The molecule has 1 fully saturated rings. The first-order valence-corrected chi connectivity index (χ1v) is 5.12. The molecule has 0 amide bonds. The van der Waals surface area contributed by atoms with Gasteiger partial charge in [-0.3, -0.25) is 0 Å². The summed E-state index contributed by atoms with van der Waals surface area (Å²) in [5.74, 6) is 0.371. The summed E-state index contributed by atoms with van der Waals surface area (Å²) in [5, 5.41) is 10.5. The topological polar surface area (TPSA) is 29.1 Å². The average molecular weight is 191 g/mol. The standard InChI is InChI=1S/C12H15O2/c13-8-11-6-12(7-11)14-9-10-4-2-1-3-5-10/h1-5,11-12H,6-9H2. The molecule has 0 aromatic heterocycles. The quantitative estimate of drug-likeness (QED) is 0.718. The Bertz CT molecular complexity index is 265. The van der Waals surface area contributed by atoms with Crippen LogP contribution in [0.25, 0.3) is 0 Å². The first-order chi connectivity index (χ1) is 6.88. The maximum atomic E-state index is 10.5. The van der Waals surface area contributed by atoms with Crippen molar-refractivity contribution in [1.29, 1.82) is 0 Å². The van der Waals surface area contributed by atoms with E-state index in [1.165, 1.54) is 5.56 Å². The lowest BCUT2D eigenvalue weighted by atomic mass is 9.83. The fourth-order valence-electron chi connectivity index (χ4n) is 1.74. The summed E-state index contributed by atoms with van der Waals surface area (Å²) in [4.78, 5) is 0. The van der Waals surface area contributed by atoms with Crippen LogP contribution in [0, 0.1) is 5.92 Å². The lowest BCUT2D eigenvalue weighted by Crippen LogP contribution is -2.32. The van der Waals surface area contributed by atoms with Crippen LogP contribution in [-0.2, 0) is 16.5 Å². The molecule has 0 aliphatic heterocycles. The normalized spacial score (nSPS) is 25.8. The Labute approximate surface area is 84.5 Å². The van der Waals surface area contributed by atoms with Crippen LogP contribution in [-0.4, -0.2) is 12.7 Å². The third-order valence-corrected chi connectivity index (χ3v) is 2.76. The first kappa shape index (κ1) is 9.69. The molecule has 0 spiro atoms. The number of rotatable bonds is 4. The summed E-state index contributed by atoms with van der Waals surface area (Å²) in [6, 6.07) is 10.1. The van der Waals surface area contributed by atoms with Gasteiger partial charge in [-0.15, -0.1) is 0 Å². The fraction of sp³-hybridized carbons (Fsp3) is 0.500. The van der Waals surface area contributed by atoms with Gasteiger partial charge in [-0.2, -0.15) is 0 Å². The maximum Gasteiger partial charge on any atom is 0.0852 e. The third kappa shape index (κ3) is 2.34. The van der Waals surface area contributed by atoms with Crippen molar-refractivity contribution in [2.24, 2.45) is 5.92 Å². The summed E-state index contributed by atoms with van der Waals surface area (Å²) in [7, 11) is 0. The van der Waals surface area contributed by atoms with Gasteiger partial charge in [-0.05, 0) is 24.3 Å². The molecule has 2 heteroatoms. The zero-order chi connectivity index (χ0) is 9.80. The minimum atomic E-state index is 0.0607. The molecule has 0 heterocycles. The zero-order valence-corrected chi connectivity index (χ0v) is 8.19. The second-order valence-electron chi connectivity index (χ2n) is 3.92. The highest BCUT2D eigenvalue weighted by molar-refractivity contribution is 5.13. The molecule has 1 radical (unpaired) electrons. The molecule has 75 valence electrons. The van der Waals surface area contributed by atoms with Crippen LogP contribution in [0.15, 0.2) is 30.3 Å². The van der Waals surface area contributed by atoms with Crippen molar-refractivity contribution in [3.8, 4) is 0 Å². The van der Waals surface area contributed by atoms with Gasteiger partial charge in [0.25, 0.3) is 0 Å². The van der Waals surface area contributed by atoms with E-state index in [2.05, 4.69) is 12.1 Å². The summed E-state index contributed by atoms with van der Waals surface area (Å²) in [6.07, 6.45) is 2.24. The molecule has 0 saturated heterocycles. The zero-order valence-electron chi connectivity index (χ0n) is 8.19. The van der Waals surface area contributed by atoms with Crippen LogP contribution >= 0.6 is 0 Å². The van der Waals surface area contributed by atoms with Gasteiger partial charge in [0.1, 0.15) is 0 Å². The van der Waals surface area contributed by atoms with Crippen LogP contribution in [0.3, 0.4) is 0 Å². The predicted molar refractivity (Wildman–Crippen MR) is 53.3 cm³/mol. The first-order valence-electron chi connectivity index (χ1n) is 5.12. The fourth-order valence-corrected chi connectivity index (χ4v) is 1.74. The minimum Gasteiger partial charge on any atom is -0.374 e. The summed E-state index contributed by atoms with van der Waals surface area (Å²) < 4.78 is 5.66. The molecule has 1 aromatic rings. The van der Waals surface area contributed by atoms with Gasteiger partial charge in [0.15, 0.2) is 0 Å². The predicted octanol–water partition coefficient (Wildman–Crippen LogP) is 2.41. The van der Waals surface area contributed by atoms with E-state index in [9.17, 15) is 5.11 Å². The van der Waals surface area contributed by atoms with Crippen LogP contribution in [0.4, 0.5) is 0 Å². The number of benzene rings is 1. The van der Waals surface area contributed by atoms with Gasteiger partial charge in [-0.25, -0.2) is 5.11 Å². The van der Waals surface area contributed by atoms with Crippen molar-refractivity contribution in [2.75, 3.05) is 6.61 Å². The maximum absolute atomic E-state index is 10.5. The highest BCUT2D eigenvalue weighted by Gasteiger charge is 2.29. The van der Waals surface area contributed by atoms with Crippen LogP contribution in [0.1, 0.15) is 18.4 Å². The Morgan fingerprint density at radius 2 is 1.93 bits per heavy atom. The average Bonchev–Trinajstić information content (AvgIpc) is 2.17. The van der Waals surface area contributed by atoms with Crippen molar-refractivity contribution in [2.45, 2.75) is 25.6 Å². The van der Waals surface area contributed by atoms with Gasteiger partial charge in [0.2, 0.25) is 0 Å². The highest BCUT2D eigenvalue weighted by atomic mass is 16.5. The Morgan fingerprint density at radius 1 is 1.21 bits per heavy atom. The monoisotopic (exact) mass is 191 g/mol. The van der Waals surface area contributed by atoms with Crippen LogP contribution in [0.5, 0.6) is 0 Å². The summed E-state index contributed by atoms with van der Waals surface area (Å²) >= 11 is 0. The number of ether oxygens (including phenoxy) is 1. The van der Waals surface area contributed by atoms with Crippen molar-refractivity contribution >= 4 is 0 Å². The molecule has 1 saturated carbocycles. The molecule has 1 aliphatic carbocycles. The lowest BCUT2D eigenvalue weighted by molar-refractivity contribution is -0.0614. The molecule has 2 rings (SSSR count). The second-order valence-corrected chi connectivity index (χ2v) is 3.92. The molecule has 0 atom stereocenters. The molecule has 14 heavy (non-hydrogen) atoms. The van der Waals surface area contributed by atoms with Crippen LogP contribution in [0.2, 0.25) is 0 Å². The SMILES string of the molecule is [O]CC1CC(OCc2ccccc2)C1. The Morgan fingerprint density at radius 3 is 2.57 bits per heavy atom. The van der Waals surface area contributed by atoms with E-state index in [-0.39, 0.29) is 6.61 Å². The van der Waals surface area contributed by atoms with E-state index >= 15 is 0 Å². The van der Waals surface area contributed by atoms with Crippen molar-refractivity contribution in [1.82, 2.24) is 0 Å². The van der Waals surface area contributed by atoms with Crippen molar-refractivity contribution in [3.05, 3.63) is 35.9 Å². The largest absolute Gasteiger partial charge is 0.374 e. The molecule has 1 aliphatic rings. The second kappa shape index (κ2) is 4.58. The summed E-state index contributed by atoms with van der Waals surface area (Å²) in [6.45, 7) is 0.738. The summed E-state index contributed by atoms with van der Waals surface area (Å²) in [5.41, 5.74) is 1.21. The Kier molecular flexibility index (Phi) is 3.17. The van der Waals surface area contributed by atoms with Gasteiger partial charge >= 0.3 is 0 Å². The third-order valence-electron chi connectivity index (χ3n) is 2.76. The molecule has 1 aromatic carbocycles. The van der Waals surface area contributed by atoms with E-state index in [1.807, 2.05) is 18.2 Å². The van der Waals surface area contributed by atoms with Gasteiger partial charge in [0, 0.05) is 0 Å². The van der Waals surface area contributed by atoms with Crippen LogP contribution < -0.4 is 0 Å². The van der Waals surface area contributed by atoms with Gasteiger partial charge < -0.3 is 4.74 Å². The molecule has 0 unspecified atom stereocenters. The minimum absolute atomic E-state index is 0.0607. The number of hydrogen-bond acceptors (Lipinski definition) is 1. The Hall–Kier alpha value is -0.860. The lowest BCUT2D eigenvalue weighted by Gasteiger charge is -2.33. The van der Waals surface area contributed by atoms with E-state index in [4.69, 9.17) is 4.74 Å². The highest BCUT2D eigenvalue weighted by Crippen LogP contribution is 2.30. The van der Waals surface area contributed by atoms with E-state index < -0.39 is 0 Å². The van der Waals surface area contributed by atoms with Gasteiger partial charge in [-0.1, -0.05) is 30.3 Å². The smallest absolute Gasteiger partial charge is 0.0852 e. The molecular formula is C12H15O2. The Balaban J connectivity index is 1.69. The molecule has 0 N–H and O–H groups in total. The molecular weight excluding hydrogens is 176 g/mol. The molecule has 0 bridgehead atoms. The van der Waals surface area contributed by atoms with Crippen molar-refractivity contribution < 1.29 is 9.84 Å². The molecule has 2 nitrogen and oxygen atoms in total. The van der Waals surface area contributed by atoms with E-state index in [0.29, 0.717) is 18.6 Å². The number of hydrogen-bond donors (Lipinski definition) is 0.